The molecule has 0 aliphatic carbocycles. The second-order valence-corrected chi connectivity index (χ2v) is 10.3. The van der Waals surface area contributed by atoms with Crippen molar-refractivity contribution in [1.29, 1.82) is 0 Å². The highest BCUT2D eigenvalue weighted by Gasteiger charge is 2.27. The molecule has 0 radical (unpaired) electrons. The number of carbonyl (C=O) groups is 2. The van der Waals surface area contributed by atoms with Crippen LogP contribution in [0.15, 0.2) is 77.7 Å². The molecule has 0 atom stereocenters. The summed E-state index contributed by atoms with van der Waals surface area (Å²) in [6, 6.07) is 19.6. The fourth-order valence-corrected chi connectivity index (χ4v) is 5.28. The molecule has 3 aromatic rings. The first-order valence-electron chi connectivity index (χ1n) is 10.8. The van der Waals surface area contributed by atoms with Gasteiger partial charge in [0.1, 0.15) is 6.54 Å². The number of nitrogens with zero attached hydrogens (tertiary/aromatic N) is 2. The molecule has 1 heterocycles. The molecule has 1 aliphatic heterocycles. The first kappa shape index (κ1) is 23.8. The number of halogens is 1. The zero-order valence-electron chi connectivity index (χ0n) is 18.6. The van der Waals surface area contributed by atoms with Crippen LogP contribution in [0.1, 0.15) is 18.4 Å². The quantitative estimate of drug-likeness (QED) is 0.516. The second-order valence-electron chi connectivity index (χ2n) is 8.05. The van der Waals surface area contributed by atoms with Crippen molar-refractivity contribution in [2.75, 3.05) is 27.6 Å². The molecule has 7 nitrogen and oxygen atoms in total. The van der Waals surface area contributed by atoms with Crippen LogP contribution in [0.4, 0.5) is 17.1 Å². The van der Waals surface area contributed by atoms with Crippen LogP contribution in [0.25, 0.3) is 0 Å². The number of nitrogens with one attached hydrogen (secondary N) is 1. The molecule has 1 N–H and O–H groups in total. The molecular formula is C25H24ClN3O4S. The average Bonchev–Trinajstić information content (AvgIpc) is 3.25. The number of hydrogen-bond acceptors (Lipinski definition) is 4. The van der Waals surface area contributed by atoms with Gasteiger partial charge in [-0.15, -0.1) is 0 Å². The predicted octanol–water partition coefficient (Wildman–Crippen LogP) is 4.61. The number of benzene rings is 3. The van der Waals surface area contributed by atoms with E-state index in [-0.39, 0.29) is 10.8 Å². The minimum atomic E-state index is -4.01. The SMILES string of the molecule is Cc1ccc(S(=O)(=O)N(CC(=O)Nc2ccc(N3CCCC3=O)cc2)c2ccc(Cl)cc2)cc1. The van der Waals surface area contributed by atoms with Gasteiger partial charge in [0.25, 0.3) is 10.0 Å². The molecule has 176 valence electrons. The standard InChI is InChI=1S/C25H24ClN3O4S/c1-18-4-14-23(15-5-18)34(32,33)29(22-10-6-19(26)7-11-22)17-24(30)27-20-8-12-21(13-9-20)28-16-2-3-25(28)31/h4-15H,2-3,16-17H2,1H3,(H,27,30). The largest absolute Gasteiger partial charge is 0.325 e. The molecule has 0 unspecified atom stereocenters. The summed E-state index contributed by atoms with van der Waals surface area (Å²) in [6.45, 7) is 2.12. The van der Waals surface area contributed by atoms with Crippen LogP contribution < -0.4 is 14.5 Å². The van der Waals surface area contributed by atoms with E-state index in [1.807, 2.05) is 6.92 Å². The minimum absolute atomic E-state index is 0.0803. The molecular weight excluding hydrogens is 474 g/mol. The van der Waals surface area contributed by atoms with Crippen molar-refractivity contribution in [2.24, 2.45) is 0 Å². The first-order valence-corrected chi connectivity index (χ1v) is 12.6. The van der Waals surface area contributed by atoms with Gasteiger partial charge in [-0.05, 0) is 74.0 Å². The van der Waals surface area contributed by atoms with Gasteiger partial charge in [0.15, 0.2) is 0 Å². The van der Waals surface area contributed by atoms with E-state index in [9.17, 15) is 18.0 Å². The number of hydrogen-bond donors (Lipinski definition) is 1. The Morgan fingerprint density at radius 2 is 1.65 bits per heavy atom. The molecule has 0 spiro atoms. The molecule has 1 fully saturated rings. The van der Waals surface area contributed by atoms with E-state index in [2.05, 4.69) is 5.32 Å². The van der Waals surface area contributed by atoms with Crippen LogP contribution >= 0.6 is 11.6 Å². The van der Waals surface area contributed by atoms with Crippen LogP contribution in [0, 0.1) is 6.92 Å². The van der Waals surface area contributed by atoms with Gasteiger partial charge >= 0.3 is 0 Å². The van der Waals surface area contributed by atoms with E-state index < -0.39 is 22.5 Å². The minimum Gasteiger partial charge on any atom is -0.325 e. The molecule has 34 heavy (non-hydrogen) atoms. The monoisotopic (exact) mass is 497 g/mol. The van der Waals surface area contributed by atoms with Crippen molar-refractivity contribution in [3.63, 3.8) is 0 Å². The third kappa shape index (κ3) is 5.24. The van der Waals surface area contributed by atoms with Gasteiger partial charge in [0.05, 0.1) is 10.6 Å². The molecule has 1 aliphatic rings. The van der Waals surface area contributed by atoms with E-state index in [1.54, 1.807) is 65.6 Å². The van der Waals surface area contributed by atoms with E-state index in [4.69, 9.17) is 11.6 Å². The lowest BCUT2D eigenvalue weighted by atomic mass is 10.2. The normalized spacial score (nSPS) is 13.7. The van der Waals surface area contributed by atoms with Crippen LogP contribution in [0.2, 0.25) is 5.02 Å². The highest BCUT2D eigenvalue weighted by Crippen LogP contribution is 2.26. The second kappa shape index (κ2) is 9.87. The highest BCUT2D eigenvalue weighted by atomic mass is 35.5. The molecule has 1 saturated heterocycles. The molecule has 3 aromatic carbocycles. The van der Waals surface area contributed by atoms with E-state index in [0.717, 1.165) is 22.0 Å². The maximum Gasteiger partial charge on any atom is 0.264 e. The van der Waals surface area contributed by atoms with Crippen LogP contribution in [-0.2, 0) is 19.6 Å². The summed E-state index contributed by atoms with van der Waals surface area (Å²) in [5.41, 5.74) is 2.52. The Morgan fingerprint density at radius 3 is 2.24 bits per heavy atom. The van der Waals surface area contributed by atoms with Crippen LogP contribution in [0.3, 0.4) is 0 Å². The smallest absolute Gasteiger partial charge is 0.264 e. The number of anilines is 3. The summed E-state index contributed by atoms with van der Waals surface area (Å²) >= 11 is 5.98. The van der Waals surface area contributed by atoms with Crippen molar-refractivity contribution < 1.29 is 18.0 Å². The van der Waals surface area contributed by atoms with Gasteiger partial charge < -0.3 is 10.2 Å². The van der Waals surface area contributed by atoms with E-state index in [0.29, 0.717) is 29.4 Å². The Balaban J connectivity index is 1.55. The molecule has 2 amide bonds. The Hall–Kier alpha value is -3.36. The third-order valence-electron chi connectivity index (χ3n) is 5.55. The van der Waals surface area contributed by atoms with Crippen molar-refractivity contribution in [3.8, 4) is 0 Å². The van der Waals surface area contributed by atoms with Gasteiger partial charge in [0.2, 0.25) is 11.8 Å². The van der Waals surface area contributed by atoms with Gasteiger partial charge in [0, 0.05) is 29.4 Å². The van der Waals surface area contributed by atoms with Crippen molar-refractivity contribution >= 4 is 50.5 Å². The van der Waals surface area contributed by atoms with Crippen LogP contribution in [0.5, 0.6) is 0 Å². The maximum absolute atomic E-state index is 13.4. The summed E-state index contributed by atoms with van der Waals surface area (Å²) in [5, 5.41) is 3.20. The topological polar surface area (TPSA) is 86.8 Å². The lowest BCUT2D eigenvalue weighted by Crippen LogP contribution is -2.38. The van der Waals surface area contributed by atoms with Crippen molar-refractivity contribution in [1.82, 2.24) is 0 Å². The van der Waals surface area contributed by atoms with Crippen molar-refractivity contribution in [3.05, 3.63) is 83.4 Å². The average molecular weight is 498 g/mol. The lowest BCUT2D eigenvalue weighted by molar-refractivity contribution is -0.117. The summed E-state index contributed by atoms with van der Waals surface area (Å²) in [4.78, 5) is 26.6. The Kier molecular flexibility index (Phi) is 6.90. The predicted molar refractivity (Wildman–Crippen MR) is 134 cm³/mol. The highest BCUT2D eigenvalue weighted by molar-refractivity contribution is 7.92. The van der Waals surface area contributed by atoms with Gasteiger partial charge in [-0.2, -0.15) is 0 Å². The Labute approximate surface area is 204 Å². The zero-order valence-corrected chi connectivity index (χ0v) is 20.1. The molecule has 0 bridgehead atoms. The van der Waals surface area contributed by atoms with Gasteiger partial charge in [-0.3, -0.25) is 13.9 Å². The Morgan fingerprint density at radius 1 is 1.00 bits per heavy atom. The Bertz CT molecular complexity index is 1290. The molecule has 0 aromatic heterocycles. The number of carbonyl (C=O) groups excluding carboxylic acids is 2. The van der Waals surface area contributed by atoms with Crippen molar-refractivity contribution in [2.45, 2.75) is 24.7 Å². The molecule has 9 heteroatoms. The van der Waals surface area contributed by atoms with E-state index in [1.165, 1.54) is 12.1 Å². The number of sulfonamides is 1. The zero-order chi connectivity index (χ0) is 24.3. The summed E-state index contributed by atoms with van der Waals surface area (Å²) in [7, 11) is -4.01. The number of rotatable bonds is 7. The summed E-state index contributed by atoms with van der Waals surface area (Å²) in [5.74, 6) is -0.424. The first-order chi connectivity index (χ1) is 16.2. The van der Waals surface area contributed by atoms with Crippen LogP contribution in [-0.4, -0.2) is 33.3 Å². The van der Waals surface area contributed by atoms with Gasteiger partial charge in [-0.25, -0.2) is 8.42 Å². The third-order valence-corrected chi connectivity index (χ3v) is 7.59. The molecule has 4 rings (SSSR count). The number of amides is 2. The summed E-state index contributed by atoms with van der Waals surface area (Å²) < 4.78 is 27.9. The lowest BCUT2D eigenvalue weighted by Gasteiger charge is -2.24. The fourth-order valence-electron chi connectivity index (χ4n) is 3.74. The summed E-state index contributed by atoms with van der Waals surface area (Å²) in [6.07, 6.45) is 1.36. The molecule has 0 saturated carbocycles. The van der Waals surface area contributed by atoms with E-state index >= 15 is 0 Å². The van der Waals surface area contributed by atoms with Gasteiger partial charge in [-0.1, -0.05) is 29.3 Å². The fraction of sp³-hybridized carbons (Fsp3) is 0.200. The maximum atomic E-state index is 13.4. The number of aryl methyl sites for hydroxylation is 1.